The molecule has 0 saturated carbocycles. The summed E-state index contributed by atoms with van der Waals surface area (Å²) in [5.41, 5.74) is 0. The molecule has 40 valence electrons. The van der Waals surface area contributed by atoms with Crippen LogP contribution in [0.2, 0.25) is 0 Å². The summed E-state index contributed by atoms with van der Waals surface area (Å²) in [7, 11) is 1.97. The molecule has 0 radical (unpaired) electrons. The Hall–Kier alpha value is -0.0151. The molecule has 1 rings (SSSR count). The first-order valence-electron chi connectivity index (χ1n) is 2.58. The van der Waals surface area contributed by atoms with E-state index in [0.29, 0.717) is 6.61 Å². The van der Waals surface area contributed by atoms with Crippen LogP contribution in [0.5, 0.6) is 0 Å². The van der Waals surface area contributed by atoms with Crippen LogP contribution >= 0.6 is 0 Å². The van der Waals surface area contributed by atoms with Crippen molar-refractivity contribution in [1.82, 2.24) is 0 Å². The molecule has 2 nitrogen and oxygen atoms in total. The first-order chi connectivity index (χ1) is 3.29. The number of aliphatic hydroxyl groups excluding tert-OH is 1. The Labute approximate surface area is 43.9 Å². The van der Waals surface area contributed by atoms with Crippen molar-refractivity contribution in [3.8, 4) is 0 Å². The zero-order valence-electron chi connectivity index (χ0n) is 4.42. The van der Waals surface area contributed by atoms with Gasteiger partial charge in [-0.2, -0.15) is 0 Å². The van der Waals surface area contributed by atoms with E-state index in [1.807, 2.05) is 7.85 Å². The van der Waals surface area contributed by atoms with Crippen LogP contribution in [0.4, 0.5) is 0 Å². The number of hydrogen-bond donors (Lipinski definition) is 1. The predicted molar refractivity (Wildman–Crippen MR) is 28.9 cm³/mol. The summed E-state index contributed by atoms with van der Waals surface area (Å²) in [4.78, 5) is 0. The molecule has 1 saturated heterocycles. The Morgan fingerprint density at radius 3 is 2.57 bits per heavy atom. The molecule has 2 atom stereocenters. The van der Waals surface area contributed by atoms with Gasteiger partial charge >= 0.3 is 0 Å². The minimum Gasteiger partial charge on any atom is -0.391 e. The van der Waals surface area contributed by atoms with E-state index in [1.54, 1.807) is 0 Å². The highest BCUT2D eigenvalue weighted by atomic mass is 16.5. The molecule has 3 heteroatoms. The van der Waals surface area contributed by atoms with Crippen LogP contribution in [0.3, 0.4) is 0 Å². The molecule has 0 unspecified atom stereocenters. The van der Waals surface area contributed by atoms with Crippen molar-refractivity contribution < 1.29 is 9.84 Å². The zero-order chi connectivity index (χ0) is 5.28. The van der Waals surface area contributed by atoms with Gasteiger partial charge in [-0.3, -0.25) is 0 Å². The molecule has 1 aliphatic rings. The fraction of sp³-hybridized carbons (Fsp3) is 1.00. The average molecular weight is 99.9 g/mol. The molecule has 7 heavy (non-hydrogen) atoms. The van der Waals surface area contributed by atoms with Gasteiger partial charge in [-0.15, -0.1) is 0 Å². The lowest BCUT2D eigenvalue weighted by Crippen LogP contribution is -2.05. The van der Waals surface area contributed by atoms with Crippen molar-refractivity contribution in [3.05, 3.63) is 0 Å². The normalized spacial score (nSPS) is 41.9. The summed E-state index contributed by atoms with van der Waals surface area (Å²) in [6, 6.07) is 0.273. The van der Waals surface area contributed by atoms with Gasteiger partial charge in [-0.1, -0.05) is 0 Å². The standard InChI is InChI=1S/C4H9BO2/c5-4-1-3(6)2-7-4/h3-4,6H,1-2,5H2/t3-,4-/m0/s1. The quantitative estimate of drug-likeness (QED) is 0.384. The van der Waals surface area contributed by atoms with E-state index in [2.05, 4.69) is 0 Å². The molecule has 0 bridgehead atoms. The predicted octanol–water partition coefficient (Wildman–Crippen LogP) is -1.27. The van der Waals surface area contributed by atoms with Crippen molar-refractivity contribution in [2.75, 3.05) is 6.61 Å². The molecule has 0 aromatic carbocycles. The minimum absolute atomic E-state index is 0.199. The smallest absolute Gasteiger partial charge is 0.139 e. The monoisotopic (exact) mass is 100 g/mol. The maximum atomic E-state index is 8.77. The third kappa shape index (κ3) is 1.18. The van der Waals surface area contributed by atoms with E-state index in [4.69, 9.17) is 9.84 Å². The summed E-state index contributed by atoms with van der Waals surface area (Å²) < 4.78 is 5.02. The lowest BCUT2D eigenvalue weighted by atomic mass is 9.97. The van der Waals surface area contributed by atoms with Gasteiger partial charge in [0, 0.05) is 6.00 Å². The number of aliphatic hydroxyl groups is 1. The third-order valence-corrected chi connectivity index (χ3v) is 1.18. The average Bonchev–Trinajstić information content (AvgIpc) is 1.87. The van der Waals surface area contributed by atoms with Crippen molar-refractivity contribution in [1.29, 1.82) is 0 Å². The second kappa shape index (κ2) is 1.84. The van der Waals surface area contributed by atoms with E-state index in [9.17, 15) is 0 Å². The maximum absolute atomic E-state index is 8.77. The summed E-state index contributed by atoms with van der Waals surface area (Å²) in [6.07, 6.45) is 0.606. The Morgan fingerprint density at radius 1 is 1.71 bits per heavy atom. The van der Waals surface area contributed by atoms with Crippen molar-refractivity contribution in [3.63, 3.8) is 0 Å². The van der Waals surface area contributed by atoms with Crippen LogP contribution in [0.25, 0.3) is 0 Å². The fourth-order valence-electron chi connectivity index (χ4n) is 0.795. The highest BCUT2D eigenvalue weighted by Gasteiger charge is 2.18. The zero-order valence-corrected chi connectivity index (χ0v) is 4.42. The Kier molecular flexibility index (Phi) is 1.35. The SMILES string of the molecule is B[C@@H]1C[C@H](O)CO1. The Bertz CT molecular complexity index is 58.7. The van der Waals surface area contributed by atoms with Crippen LogP contribution in [-0.4, -0.2) is 31.7 Å². The Morgan fingerprint density at radius 2 is 2.43 bits per heavy atom. The van der Waals surface area contributed by atoms with Crippen LogP contribution < -0.4 is 0 Å². The molecule has 0 amide bonds. The van der Waals surface area contributed by atoms with E-state index in [-0.39, 0.29) is 12.1 Å². The third-order valence-electron chi connectivity index (χ3n) is 1.18. The van der Waals surface area contributed by atoms with Crippen molar-refractivity contribution in [2.45, 2.75) is 18.5 Å². The number of hydrogen-bond acceptors (Lipinski definition) is 2. The summed E-state index contributed by atoms with van der Waals surface area (Å²) in [5.74, 6) is 0. The minimum atomic E-state index is -0.199. The second-order valence-corrected chi connectivity index (χ2v) is 2.03. The Balaban J connectivity index is 2.26. The molecule has 0 spiro atoms. The first-order valence-corrected chi connectivity index (χ1v) is 2.58. The second-order valence-electron chi connectivity index (χ2n) is 2.03. The molecule has 1 fully saturated rings. The summed E-state index contributed by atoms with van der Waals surface area (Å²) in [5, 5.41) is 8.77. The van der Waals surface area contributed by atoms with Gasteiger partial charge in [-0.05, 0) is 6.42 Å². The molecular weight excluding hydrogens is 90.9 g/mol. The molecule has 0 aromatic heterocycles. The van der Waals surface area contributed by atoms with Crippen LogP contribution in [0.1, 0.15) is 6.42 Å². The van der Waals surface area contributed by atoms with Crippen LogP contribution in [0.15, 0.2) is 0 Å². The van der Waals surface area contributed by atoms with Gasteiger partial charge in [0.25, 0.3) is 0 Å². The van der Waals surface area contributed by atoms with E-state index in [0.717, 1.165) is 6.42 Å². The van der Waals surface area contributed by atoms with Crippen LogP contribution in [-0.2, 0) is 4.74 Å². The van der Waals surface area contributed by atoms with Gasteiger partial charge in [0.2, 0.25) is 0 Å². The largest absolute Gasteiger partial charge is 0.391 e. The van der Waals surface area contributed by atoms with Gasteiger partial charge in [0.15, 0.2) is 0 Å². The molecule has 1 aliphatic heterocycles. The summed E-state index contributed by atoms with van der Waals surface area (Å²) >= 11 is 0. The van der Waals surface area contributed by atoms with Gasteiger partial charge in [0.1, 0.15) is 7.85 Å². The molecular formula is C4H9BO2. The molecule has 0 aliphatic carbocycles. The molecule has 1 heterocycles. The number of ether oxygens (including phenoxy) is 1. The molecule has 1 N–H and O–H groups in total. The first kappa shape index (κ1) is 5.13. The van der Waals surface area contributed by atoms with E-state index >= 15 is 0 Å². The highest BCUT2D eigenvalue weighted by Crippen LogP contribution is 2.08. The lowest BCUT2D eigenvalue weighted by Gasteiger charge is -1.94. The lowest BCUT2D eigenvalue weighted by molar-refractivity contribution is 0.117. The van der Waals surface area contributed by atoms with Gasteiger partial charge in [0.05, 0.1) is 12.7 Å². The van der Waals surface area contributed by atoms with Crippen LogP contribution in [0, 0.1) is 0 Å². The van der Waals surface area contributed by atoms with Gasteiger partial charge < -0.3 is 9.84 Å². The van der Waals surface area contributed by atoms with E-state index < -0.39 is 0 Å². The van der Waals surface area contributed by atoms with Crippen molar-refractivity contribution in [2.24, 2.45) is 0 Å². The number of rotatable bonds is 0. The summed E-state index contributed by atoms with van der Waals surface area (Å²) in [6.45, 7) is 0.529. The van der Waals surface area contributed by atoms with E-state index in [1.165, 1.54) is 0 Å². The highest BCUT2D eigenvalue weighted by molar-refractivity contribution is 6.11. The molecule has 0 aromatic rings. The van der Waals surface area contributed by atoms with Crippen molar-refractivity contribution >= 4 is 7.85 Å². The maximum Gasteiger partial charge on any atom is 0.139 e. The fourth-order valence-corrected chi connectivity index (χ4v) is 0.795. The van der Waals surface area contributed by atoms with Gasteiger partial charge in [-0.25, -0.2) is 0 Å². The topological polar surface area (TPSA) is 29.5 Å².